The number of fused-ring (bicyclic) bond motifs is 3. The molecule has 10 atom stereocenters. The summed E-state index contributed by atoms with van der Waals surface area (Å²) < 4.78 is 12.8. The van der Waals surface area contributed by atoms with Crippen molar-refractivity contribution in [1.29, 1.82) is 0 Å². The van der Waals surface area contributed by atoms with Crippen LogP contribution in [0.1, 0.15) is 102 Å². The topological polar surface area (TPSA) is 200 Å². The Bertz CT molecular complexity index is 2540. The summed E-state index contributed by atoms with van der Waals surface area (Å²) in [6.07, 6.45) is 2.27. The summed E-state index contributed by atoms with van der Waals surface area (Å²) in [5.74, 6) is -0.129. The molecule has 6 N–H and O–H groups in total. The van der Waals surface area contributed by atoms with Gasteiger partial charge in [0.2, 0.25) is 35.4 Å². The molecule has 16 nitrogen and oxygen atoms in total. The lowest BCUT2D eigenvalue weighted by molar-refractivity contribution is -0.144. The van der Waals surface area contributed by atoms with Gasteiger partial charge in [0.25, 0.3) is 0 Å². The van der Waals surface area contributed by atoms with Crippen LogP contribution in [-0.2, 0) is 51.5 Å². The minimum absolute atomic E-state index is 0.182. The van der Waals surface area contributed by atoms with Gasteiger partial charge < -0.3 is 51.2 Å². The quantitative estimate of drug-likeness (QED) is 0.0609. The molecule has 0 saturated carbocycles. The van der Waals surface area contributed by atoms with E-state index in [1.165, 1.54) is 0 Å². The molecule has 4 aromatic carbocycles. The van der Waals surface area contributed by atoms with Crippen LogP contribution >= 0.6 is 23.5 Å². The Labute approximate surface area is 456 Å². The van der Waals surface area contributed by atoms with Crippen molar-refractivity contribution >= 4 is 69.7 Å². The fourth-order valence-corrected chi connectivity index (χ4v) is 14.1. The first-order valence-corrected chi connectivity index (χ1v) is 28.7. The van der Waals surface area contributed by atoms with E-state index < -0.39 is 59.2 Å². The van der Waals surface area contributed by atoms with Gasteiger partial charge >= 0.3 is 0 Å². The molecule has 4 heterocycles. The summed E-state index contributed by atoms with van der Waals surface area (Å²) in [6, 6.07) is 26.9. The van der Waals surface area contributed by atoms with Crippen molar-refractivity contribution in [3.05, 3.63) is 119 Å². The number of carbonyl (C=O) groups is 6. The van der Waals surface area contributed by atoms with Crippen molar-refractivity contribution in [2.24, 2.45) is 10.8 Å². The molecule has 4 saturated heterocycles. The van der Waals surface area contributed by atoms with E-state index in [0.29, 0.717) is 37.2 Å². The van der Waals surface area contributed by atoms with Crippen LogP contribution in [0.15, 0.2) is 97.1 Å². The SMILES string of the molecule is CN[C@@H](C)C(=O)N[C@H]1CCSC2CC(C)(C)[C@H](C(=O)N[C@H](COCc3ccc4ccc(COC[C@@H](NC(=O)[C@H]5N6C(=O)[C@@H](NC(=O)[C@H](C)NC)CCS[C@H]6CC5(C)C)c5ccccc5)cc4c3)c3ccccc3)N2C1=O. The lowest BCUT2D eigenvalue weighted by Gasteiger charge is -2.35. The maximum absolute atomic E-state index is 14.6. The van der Waals surface area contributed by atoms with Crippen LogP contribution in [0.4, 0.5) is 0 Å². The van der Waals surface area contributed by atoms with Crippen molar-refractivity contribution in [3.8, 4) is 0 Å². The maximum Gasteiger partial charge on any atom is 0.246 e. The zero-order valence-electron chi connectivity index (χ0n) is 45.1. The van der Waals surface area contributed by atoms with E-state index in [1.54, 1.807) is 61.3 Å². The molecule has 1 unspecified atom stereocenters. The monoisotopic (exact) mass is 1080 g/mol. The lowest BCUT2D eigenvalue weighted by atomic mass is 9.83. The molecule has 4 fully saturated rings. The highest BCUT2D eigenvalue weighted by atomic mass is 32.2. The normalized spacial score (nSPS) is 24.5. The van der Waals surface area contributed by atoms with Gasteiger partial charge in [-0.05, 0) is 121 Å². The number of nitrogens with one attached hydrogen (secondary N) is 6. The van der Waals surface area contributed by atoms with Crippen molar-refractivity contribution < 1.29 is 38.2 Å². The van der Waals surface area contributed by atoms with Crippen LogP contribution in [0.2, 0.25) is 0 Å². The Morgan fingerprint density at radius 3 is 1.37 bits per heavy atom. The van der Waals surface area contributed by atoms with E-state index in [2.05, 4.69) is 56.2 Å². The number of carbonyl (C=O) groups excluding carboxylic acids is 6. The number of nitrogens with zero attached hydrogens (tertiary/aromatic N) is 2. The molecule has 0 bridgehead atoms. The van der Waals surface area contributed by atoms with E-state index in [1.807, 2.05) is 100 Å². The zero-order chi connectivity index (χ0) is 54.3. The number of thioether (sulfide) groups is 2. The number of hydrogen-bond acceptors (Lipinski definition) is 12. The Balaban J connectivity index is 0.912. The molecule has 4 aliphatic rings. The van der Waals surface area contributed by atoms with Crippen LogP contribution < -0.4 is 31.9 Å². The van der Waals surface area contributed by atoms with Gasteiger partial charge in [-0.25, -0.2) is 0 Å². The first-order chi connectivity index (χ1) is 36.4. The molecule has 76 heavy (non-hydrogen) atoms. The summed E-state index contributed by atoms with van der Waals surface area (Å²) in [7, 11) is 3.40. The fraction of sp³-hybridized carbons (Fsp3) is 0.517. The minimum atomic E-state index is -0.754. The minimum Gasteiger partial charge on any atom is -0.374 e. The molecule has 6 amide bonds. The molecule has 0 spiro atoms. The second-order valence-corrected chi connectivity index (χ2v) is 24.6. The van der Waals surface area contributed by atoms with Crippen LogP contribution in [0, 0.1) is 10.8 Å². The van der Waals surface area contributed by atoms with Gasteiger partial charge in [-0.2, -0.15) is 0 Å². The van der Waals surface area contributed by atoms with Gasteiger partial charge in [0.1, 0.15) is 24.2 Å². The van der Waals surface area contributed by atoms with Gasteiger partial charge in [-0.3, -0.25) is 28.8 Å². The van der Waals surface area contributed by atoms with Crippen LogP contribution in [0.25, 0.3) is 10.8 Å². The summed E-state index contributed by atoms with van der Waals surface area (Å²) >= 11 is 3.32. The number of rotatable bonds is 20. The fourth-order valence-electron chi connectivity index (χ4n) is 11.0. The molecular formula is C58H76N8O8S2. The average Bonchev–Trinajstić information content (AvgIpc) is 3.74. The molecule has 4 aromatic rings. The lowest BCUT2D eigenvalue weighted by Crippen LogP contribution is -2.58. The largest absolute Gasteiger partial charge is 0.374 e. The first-order valence-electron chi connectivity index (χ1n) is 26.6. The second kappa shape index (κ2) is 24.9. The first kappa shape index (κ1) is 56.7. The Morgan fingerprint density at radius 2 is 0.987 bits per heavy atom. The van der Waals surface area contributed by atoms with Crippen molar-refractivity contribution in [3.63, 3.8) is 0 Å². The van der Waals surface area contributed by atoms with Crippen LogP contribution in [-0.4, -0.2) is 131 Å². The van der Waals surface area contributed by atoms with Gasteiger partial charge in [0.15, 0.2) is 0 Å². The highest BCUT2D eigenvalue weighted by Gasteiger charge is 2.56. The van der Waals surface area contributed by atoms with Crippen LogP contribution in [0.5, 0.6) is 0 Å². The molecule has 8 rings (SSSR count). The summed E-state index contributed by atoms with van der Waals surface area (Å²) in [4.78, 5) is 86.8. The molecule has 0 aliphatic carbocycles. The third kappa shape index (κ3) is 13.1. The van der Waals surface area contributed by atoms with Crippen molar-refractivity contribution in [2.75, 3.05) is 38.8 Å². The van der Waals surface area contributed by atoms with E-state index in [4.69, 9.17) is 9.47 Å². The predicted molar refractivity (Wildman–Crippen MR) is 299 cm³/mol. The van der Waals surface area contributed by atoms with Crippen molar-refractivity contribution in [1.82, 2.24) is 41.7 Å². The number of hydrogen-bond donors (Lipinski definition) is 6. The van der Waals surface area contributed by atoms with Gasteiger partial charge in [-0.1, -0.05) is 113 Å². The molecule has 0 radical (unpaired) electrons. The Kier molecular flexibility index (Phi) is 18.6. The second-order valence-electron chi connectivity index (χ2n) is 22.0. The van der Waals surface area contributed by atoms with Gasteiger partial charge in [-0.15, -0.1) is 23.5 Å². The Morgan fingerprint density at radius 1 is 0.592 bits per heavy atom. The summed E-state index contributed by atoms with van der Waals surface area (Å²) in [6.45, 7) is 12.5. The Hall–Kier alpha value is -5.50. The number of likely N-dealkylation sites (N-methyl/N-ethyl adjacent to an activating group) is 2. The number of benzene rings is 4. The molecule has 408 valence electrons. The third-order valence-electron chi connectivity index (χ3n) is 15.5. The number of amides is 6. The summed E-state index contributed by atoms with van der Waals surface area (Å²) in [5, 5.41) is 20.0. The van der Waals surface area contributed by atoms with E-state index in [9.17, 15) is 28.8 Å². The van der Waals surface area contributed by atoms with Crippen LogP contribution in [0.3, 0.4) is 0 Å². The average molecular weight is 1080 g/mol. The smallest absolute Gasteiger partial charge is 0.246 e. The third-order valence-corrected chi connectivity index (χ3v) is 18.0. The number of ether oxygens (including phenoxy) is 2. The standard InChI is InChI=1S/C58H76N8O8S2/c1-35(59-7)51(67)61-43-23-25-75-47-29-57(3,4)49(65(47)55(43)71)53(69)63-45(40-15-11-9-12-16-40)33-73-31-37-19-21-39-22-20-38(28-42(39)27-37)32-74-34-46(41-17-13-10-14-18-41)64-54(70)50-58(5,6)30-48-66(50)56(72)44(24-26-76-48)62-52(68)36(2)60-8/h9-22,27-28,35-36,43-50,59-60H,23-26,29-34H2,1-8H3,(H,61,67)(H,62,68)(H,63,69)(H,64,70)/t35-,36-,43-,44-,45+,46+,47-,48?,49+,50-/m0/s1. The highest BCUT2D eigenvalue weighted by molar-refractivity contribution is 8.00. The predicted octanol–water partition coefficient (Wildman–Crippen LogP) is 5.95. The van der Waals surface area contributed by atoms with Crippen molar-refractivity contribution in [2.45, 2.75) is 140 Å². The van der Waals surface area contributed by atoms with E-state index >= 15 is 0 Å². The van der Waals surface area contributed by atoms with Gasteiger partial charge in [0, 0.05) is 0 Å². The maximum atomic E-state index is 14.6. The summed E-state index contributed by atoms with van der Waals surface area (Å²) in [5.41, 5.74) is 2.60. The molecular weight excluding hydrogens is 1000 g/mol. The van der Waals surface area contributed by atoms with E-state index in [-0.39, 0.29) is 72.6 Å². The van der Waals surface area contributed by atoms with Gasteiger partial charge in [0.05, 0.1) is 61.3 Å². The molecule has 4 aliphatic heterocycles. The van der Waals surface area contributed by atoms with E-state index in [0.717, 1.165) is 33.0 Å². The molecule has 18 heteroatoms. The molecule has 0 aromatic heterocycles. The highest BCUT2D eigenvalue weighted by Crippen LogP contribution is 2.48. The zero-order valence-corrected chi connectivity index (χ0v) is 46.7.